The van der Waals surface area contributed by atoms with Crippen LogP contribution in [0.25, 0.3) is 0 Å². The average molecular weight is 276 g/mol. The maximum atomic E-state index is 13.4. The number of aliphatic hydroxyl groups is 1. The first-order valence-electron chi connectivity index (χ1n) is 5.48. The van der Waals surface area contributed by atoms with Crippen LogP contribution in [0.5, 0.6) is 0 Å². The minimum absolute atomic E-state index is 0.0779. The second kappa shape index (κ2) is 6.12. The van der Waals surface area contributed by atoms with Gasteiger partial charge in [0.15, 0.2) is 0 Å². The third kappa shape index (κ3) is 3.94. The Morgan fingerprint density at radius 3 is 2.72 bits per heavy atom. The molecule has 0 spiro atoms. The lowest BCUT2D eigenvalue weighted by molar-refractivity contribution is 0.276. The Bertz CT molecular complexity index is 505. The van der Waals surface area contributed by atoms with Gasteiger partial charge in [0.2, 0.25) is 0 Å². The Balaban J connectivity index is 2.85. The maximum Gasteiger partial charge on any atom is 0.301 e. The molecule has 2 N–H and O–H groups in total. The van der Waals surface area contributed by atoms with Crippen LogP contribution in [0.2, 0.25) is 0 Å². The summed E-state index contributed by atoms with van der Waals surface area (Å²) >= 11 is 0. The SMILES string of the molecule is Cc1ccc(F)c(NS(=O)(=O)N(C)CCCO)c1. The average Bonchev–Trinajstić information content (AvgIpc) is 2.30. The van der Waals surface area contributed by atoms with Crippen molar-refractivity contribution in [2.24, 2.45) is 0 Å². The summed E-state index contributed by atoms with van der Waals surface area (Å²) in [6.07, 6.45) is 0.327. The molecule has 7 heteroatoms. The van der Waals surface area contributed by atoms with Gasteiger partial charge in [-0.3, -0.25) is 4.72 Å². The van der Waals surface area contributed by atoms with Crippen molar-refractivity contribution in [3.63, 3.8) is 0 Å². The number of nitrogens with zero attached hydrogens (tertiary/aromatic N) is 1. The molecule has 0 atom stereocenters. The molecule has 0 fully saturated rings. The lowest BCUT2D eigenvalue weighted by atomic mass is 10.2. The first kappa shape index (κ1) is 14.9. The van der Waals surface area contributed by atoms with Crippen LogP contribution in [-0.4, -0.2) is 38.0 Å². The second-order valence-electron chi connectivity index (χ2n) is 3.99. The molecule has 0 aliphatic carbocycles. The zero-order valence-electron chi connectivity index (χ0n) is 10.4. The van der Waals surface area contributed by atoms with Crippen molar-refractivity contribution in [2.75, 3.05) is 24.9 Å². The molecule has 0 unspecified atom stereocenters. The summed E-state index contributed by atoms with van der Waals surface area (Å²) in [7, 11) is -2.43. The number of halogens is 1. The van der Waals surface area contributed by atoms with Gasteiger partial charge in [0.1, 0.15) is 5.82 Å². The first-order valence-corrected chi connectivity index (χ1v) is 6.92. The van der Waals surface area contributed by atoms with E-state index in [9.17, 15) is 12.8 Å². The predicted molar refractivity (Wildman–Crippen MR) is 68.0 cm³/mol. The lowest BCUT2D eigenvalue weighted by Crippen LogP contribution is -2.33. The molecule has 18 heavy (non-hydrogen) atoms. The summed E-state index contributed by atoms with van der Waals surface area (Å²) in [5.41, 5.74) is 0.679. The molecule has 0 amide bonds. The highest BCUT2D eigenvalue weighted by atomic mass is 32.2. The fourth-order valence-electron chi connectivity index (χ4n) is 1.35. The molecular formula is C11H17FN2O3S. The van der Waals surface area contributed by atoms with Gasteiger partial charge in [0.05, 0.1) is 5.69 Å². The predicted octanol–water partition coefficient (Wildman–Crippen LogP) is 1.11. The van der Waals surface area contributed by atoms with Crippen LogP contribution in [0.15, 0.2) is 18.2 Å². The maximum absolute atomic E-state index is 13.4. The molecule has 1 rings (SSSR count). The van der Waals surface area contributed by atoms with E-state index >= 15 is 0 Å². The van der Waals surface area contributed by atoms with Crippen LogP contribution in [0.1, 0.15) is 12.0 Å². The monoisotopic (exact) mass is 276 g/mol. The van der Waals surface area contributed by atoms with Crippen molar-refractivity contribution in [2.45, 2.75) is 13.3 Å². The van der Waals surface area contributed by atoms with Gasteiger partial charge < -0.3 is 5.11 Å². The minimum atomic E-state index is -3.79. The van der Waals surface area contributed by atoms with Crippen LogP contribution < -0.4 is 4.72 Å². The summed E-state index contributed by atoms with van der Waals surface area (Å²) in [6.45, 7) is 1.81. The number of rotatable bonds is 6. The van der Waals surface area contributed by atoms with E-state index in [1.54, 1.807) is 13.0 Å². The molecular weight excluding hydrogens is 259 g/mol. The van der Waals surface area contributed by atoms with Crippen LogP contribution >= 0.6 is 0 Å². The summed E-state index contributed by atoms with van der Waals surface area (Å²) < 4.78 is 40.3. The molecule has 0 heterocycles. The van der Waals surface area contributed by atoms with E-state index < -0.39 is 16.0 Å². The highest BCUT2D eigenvalue weighted by molar-refractivity contribution is 7.90. The van der Waals surface area contributed by atoms with E-state index in [-0.39, 0.29) is 18.8 Å². The second-order valence-corrected chi connectivity index (χ2v) is 5.77. The van der Waals surface area contributed by atoms with E-state index in [4.69, 9.17) is 5.11 Å². The molecule has 0 aromatic heterocycles. The van der Waals surface area contributed by atoms with Gasteiger partial charge >= 0.3 is 10.2 Å². The van der Waals surface area contributed by atoms with Crippen molar-refractivity contribution in [1.29, 1.82) is 0 Å². The van der Waals surface area contributed by atoms with Crippen molar-refractivity contribution in [1.82, 2.24) is 4.31 Å². The smallest absolute Gasteiger partial charge is 0.301 e. The number of anilines is 1. The fourth-order valence-corrected chi connectivity index (χ4v) is 2.31. The molecule has 0 aliphatic heterocycles. The summed E-state index contributed by atoms with van der Waals surface area (Å²) in [5.74, 6) is -0.625. The molecule has 1 aromatic carbocycles. The minimum Gasteiger partial charge on any atom is -0.396 e. The molecule has 102 valence electrons. The van der Waals surface area contributed by atoms with E-state index in [1.165, 1.54) is 19.2 Å². The number of aryl methyl sites for hydroxylation is 1. The first-order chi connectivity index (χ1) is 8.36. The summed E-state index contributed by atoms with van der Waals surface area (Å²) in [5, 5.41) is 8.65. The van der Waals surface area contributed by atoms with Gasteiger partial charge in [-0.15, -0.1) is 0 Å². The highest BCUT2D eigenvalue weighted by Gasteiger charge is 2.18. The van der Waals surface area contributed by atoms with Gasteiger partial charge in [0.25, 0.3) is 0 Å². The molecule has 1 aromatic rings. The van der Waals surface area contributed by atoms with Crippen molar-refractivity contribution in [3.05, 3.63) is 29.6 Å². The largest absolute Gasteiger partial charge is 0.396 e. The highest BCUT2D eigenvalue weighted by Crippen LogP contribution is 2.17. The van der Waals surface area contributed by atoms with Crippen LogP contribution in [0.4, 0.5) is 10.1 Å². The quantitative estimate of drug-likeness (QED) is 0.817. The molecule has 0 saturated heterocycles. The Hall–Kier alpha value is -1.18. The van der Waals surface area contributed by atoms with Crippen LogP contribution in [0.3, 0.4) is 0 Å². The number of hydrogen-bond acceptors (Lipinski definition) is 3. The molecule has 0 saturated carbocycles. The Morgan fingerprint density at radius 1 is 1.44 bits per heavy atom. The zero-order chi connectivity index (χ0) is 13.8. The van der Waals surface area contributed by atoms with Gasteiger partial charge in [0, 0.05) is 20.2 Å². The molecule has 0 aliphatic rings. The Labute approximate surface area is 106 Å². The number of benzene rings is 1. The number of hydrogen-bond donors (Lipinski definition) is 2. The summed E-state index contributed by atoms with van der Waals surface area (Å²) in [4.78, 5) is 0. The Morgan fingerprint density at radius 2 is 2.11 bits per heavy atom. The van der Waals surface area contributed by atoms with E-state index in [1.807, 2.05) is 0 Å². The van der Waals surface area contributed by atoms with Gasteiger partial charge in [-0.2, -0.15) is 12.7 Å². The van der Waals surface area contributed by atoms with Crippen molar-refractivity contribution in [3.8, 4) is 0 Å². The van der Waals surface area contributed by atoms with E-state index in [2.05, 4.69) is 4.72 Å². The summed E-state index contributed by atoms with van der Waals surface area (Å²) in [6, 6.07) is 4.19. The third-order valence-electron chi connectivity index (χ3n) is 2.40. The van der Waals surface area contributed by atoms with Crippen molar-refractivity contribution >= 4 is 15.9 Å². The van der Waals surface area contributed by atoms with E-state index in [0.717, 1.165) is 9.87 Å². The topological polar surface area (TPSA) is 69.6 Å². The van der Waals surface area contributed by atoms with Gasteiger partial charge in [-0.1, -0.05) is 6.07 Å². The van der Waals surface area contributed by atoms with Gasteiger partial charge in [-0.05, 0) is 31.0 Å². The van der Waals surface area contributed by atoms with Crippen LogP contribution in [-0.2, 0) is 10.2 Å². The molecule has 0 bridgehead atoms. The zero-order valence-corrected chi connectivity index (χ0v) is 11.2. The lowest BCUT2D eigenvalue weighted by Gasteiger charge is -2.18. The van der Waals surface area contributed by atoms with Crippen LogP contribution in [0, 0.1) is 12.7 Å². The number of nitrogens with one attached hydrogen (secondary N) is 1. The fraction of sp³-hybridized carbons (Fsp3) is 0.455. The molecule has 5 nitrogen and oxygen atoms in total. The third-order valence-corrected chi connectivity index (χ3v) is 3.88. The van der Waals surface area contributed by atoms with E-state index in [0.29, 0.717) is 6.42 Å². The normalized spacial score (nSPS) is 11.8. The standard InChI is InChI=1S/C11H17FN2O3S/c1-9-4-5-10(12)11(8-9)13-18(16,17)14(2)6-3-7-15/h4-5,8,13,15H,3,6-7H2,1-2H3. The Kier molecular flexibility index (Phi) is 5.06. The van der Waals surface area contributed by atoms with Crippen molar-refractivity contribution < 1.29 is 17.9 Å². The van der Waals surface area contributed by atoms with Gasteiger partial charge in [-0.25, -0.2) is 4.39 Å². The number of aliphatic hydroxyl groups excluding tert-OH is 1. The molecule has 0 radical (unpaired) electrons.